The molecule has 0 radical (unpaired) electrons. The van der Waals surface area contributed by atoms with Crippen molar-refractivity contribution in [2.24, 2.45) is 0 Å². The molecule has 0 amide bonds. The minimum atomic E-state index is -0.296. The van der Waals surface area contributed by atoms with E-state index in [0.717, 1.165) is 19.4 Å². The van der Waals surface area contributed by atoms with E-state index in [1.165, 1.54) is 0 Å². The number of ether oxygens (including phenoxy) is 1. The van der Waals surface area contributed by atoms with Crippen molar-refractivity contribution < 1.29 is 9.53 Å². The van der Waals surface area contributed by atoms with Crippen molar-refractivity contribution in [3.63, 3.8) is 0 Å². The van der Waals surface area contributed by atoms with Crippen molar-refractivity contribution in [3.05, 3.63) is 24.6 Å². The summed E-state index contributed by atoms with van der Waals surface area (Å²) in [7, 11) is 2.07. The van der Waals surface area contributed by atoms with Gasteiger partial charge in [0.05, 0.1) is 6.61 Å². The van der Waals surface area contributed by atoms with Crippen LogP contribution in [0.25, 0.3) is 0 Å². The molecule has 1 rings (SSSR count). The Balaban J connectivity index is 2.22. The minimum Gasteiger partial charge on any atom is -0.462 e. The Morgan fingerprint density at radius 1 is 1.47 bits per heavy atom. The Hall–Kier alpha value is -1.45. The second-order valence-electron chi connectivity index (χ2n) is 4.33. The Labute approximate surface area is 104 Å². The van der Waals surface area contributed by atoms with E-state index in [0.29, 0.717) is 18.3 Å². The Morgan fingerprint density at radius 2 is 2.18 bits per heavy atom. The molecule has 0 saturated heterocycles. The molecular formula is C13H22N2O2. The third-order valence-electron chi connectivity index (χ3n) is 2.90. The topological polar surface area (TPSA) is 32.8 Å². The number of carbonyl (C=O) groups excluding carboxylic acids is 1. The van der Waals surface area contributed by atoms with Crippen LogP contribution in [-0.2, 0) is 9.53 Å². The second-order valence-corrected chi connectivity index (χ2v) is 4.33. The first kappa shape index (κ1) is 13.6. The van der Waals surface area contributed by atoms with Crippen LogP contribution in [-0.4, -0.2) is 42.1 Å². The van der Waals surface area contributed by atoms with Crippen LogP contribution in [0.4, 0.5) is 0 Å². The maximum Gasteiger partial charge on any atom is 0.333 e. The molecule has 0 aliphatic carbocycles. The molecule has 96 valence electrons. The third-order valence-corrected chi connectivity index (χ3v) is 2.90. The predicted molar refractivity (Wildman–Crippen MR) is 68.1 cm³/mol. The molecule has 0 spiro atoms. The number of esters is 1. The molecule has 0 saturated carbocycles. The average Bonchev–Trinajstić information content (AvgIpc) is 2.65. The van der Waals surface area contributed by atoms with Crippen LogP contribution in [0.5, 0.6) is 0 Å². The van der Waals surface area contributed by atoms with Crippen LogP contribution in [0, 0.1) is 0 Å². The highest BCUT2D eigenvalue weighted by Gasteiger charge is 2.21. The first-order valence-corrected chi connectivity index (χ1v) is 6.05. The SMILES string of the molecule is C=C(C)C(=O)OCCCC1N(C)C=CN1CC. The quantitative estimate of drug-likeness (QED) is 0.402. The maximum absolute atomic E-state index is 11.2. The van der Waals surface area contributed by atoms with Crippen molar-refractivity contribution in [2.45, 2.75) is 32.9 Å². The zero-order chi connectivity index (χ0) is 12.8. The van der Waals surface area contributed by atoms with Crippen LogP contribution in [0.3, 0.4) is 0 Å². The number of hydrogen-bond acceptors (Lipinski definition) is 4. The lowest BCUT2D eigenvalue weighted by Gasteiger charge is -2.29. The smallest absolute Gasteiger partial charge is 0.333 e. The van der Waals surface area contributed by atoms with Gasteiger partial charge in [-0.15, -0.1) is 0 Å². The van der Waals surface area contributed by atoms with Crippen LogP contribution < -0.4 is 0 Å². The summed E-state index contributed by atoms with van der Waals surface area (Å²) in [5.74, 6) is -0.296. The molecule has 1 unspecified atom stereocenters. The van der Waals surface area contributed by atoms with Crippen molar-refractivity contribution >= 4 is 5.97 Å². The Bertz CT molecular complexity index is 313. The van der Waals surface area contributed by atoms with Crippen molar-refractivity contribution in [1.82, 2.24) is 9.80 Å². The summed E-state index contributed by atoms with van der Waals surface area (Å²) in [5.41, 5.74) is 0.458. The normalized spacial score (nSPS) is 18.6. The molecule has 17 heavy (non-hydrogen) atoms. The van der Waals surface area contributed by atoms with Crippen molar-refractivity contribution in [3.8, 4) is 0 Å². The standard InChI is InChI=1S/C13H22N2O2/c1-5-15-9-8-14(4)12(15)7-6-10-17-13(16)11(2)3/h8-9,12H,2,5-7,10H2,1,3-4H3. The monoisotopic (exact) mass is 238 g/mol. The fourth-order valence-electron chi connectivity index (χ4n) is 1.86. The molecule has 1 atom stereocenters. The highest BCUT2D eigenvalue weighted by Crippen LogP contribution is 2.17. The zero-order valence-electron chi connectivity index (χ0n) is 11.0. The molecule has 0 aromatic carbocycles. The van der Waals surface area contributed by atoms with Crippen molar-refractivity contribution in [2.75, 3.05) is 20.2 Å². The van der Waals surface area contributed by atoms with E-state index in [1.807, 2.05) is 0 Å². The van der Waals surface area contributed by atoms with Gasteiger partial charge < -0.3 is 14.5 Å². The lowest BCUT2D eigenvalue weighted by molar-refractivity contribution is -0.139. The van der Waals surface area contributed by atoms with Crippen molar-refractivity contribution in [1.29, 1.82) is 0 Å². The van der Waals surface area contributed by atoms with Gasteiger partial charge >= 0.3 is 5.97 Å². The van der Waals surface area contributed by atoms with Gasteiger partial charge in [-0.2, -0.15) is 0 Å². The molecule has 0 N–H and O–H groups in total. The van der Waals surface area contributed by atoms with Crippen LogP contribution in [0.15, 0.2) is 24.6 Å². The number of hydrogen-bond donors (Lipinski definition) is 0. The Morgan fingerprint density at radius 3 is 2.76 bits per heavy atom. The van der Waals surface area contributed by atoms with E-state index in [2.05, 4.69) is 42.8 Å². The second kappa shape index (κ2) is 6.33. The van der Waals surface area contributed by atoms with Gasteiger partial charge in [-0.1, -0.05) is 6.58 Å². The van der Waals surface area contributed by atoms with E-state index in [1.54, 1.807) is 6.92 Å². The molecule has 0 aromatic heterocycles. The third kappa shape index (κ3) is 3.80. The van der Waals surface area contributed by atoms with Gasteiger partial charge in [0.2, 0.25) is 0 Å². The van der Waals surface area contributed by atoms with Gasteiger partial charge in [-0.3, -0.25) is 0 Å². The highest BCUT2D eigenvalue weighted by molar-refractivity contribution is 5.86. The van der Waals surface area contributed by atoms with E-state index in [4.69, 9.17) is 4.74 Å². The van der Waals surface area contributed by atoms with E-state index in [9.17, 15) is 4.79 Å². The number of nitrogens with zero attached hydrogens (tertiary/aromatic N) is 2. The summed E-state index contributed by atoms with van der Waals surface area (Å²) >= 11 is 0. The summed E-state index contributed by atoms with van der Waals surface area (Å²) in [6.45, 7) is 8.81. The van der Waals surface area contributed by atoms with Gasteiger partial charge in [0.15, 0.2) is 0 Å². The molecule has 0 fully saturated rings. The Kier molecular flexibility index (Phi) is 5.07. The first-order valence-electron chi connectivity index (χ1n) is 6.05. The zero-order valence-corrected chi connectivity index (χ0v) is 11.0. The summed E-state index contributed by atoms with van der Waals surface area (Å²) in [6.07, 6.45) is 6.43. The fourth-order valence-corrected chi connectivity index (χ4v) is 1.86. The molecule has 1 heterocycles. The molecule has 1 aliphatic rings. The summed E-state index contributed by atoms with van der Waals surface area (Å²) < 4.78 is 5.07. The lowest BCUT2D eigenvalue weighted by atomic mass is 10.2. The molecule has 1 aliphatic heterocycles. The molecule has 4 heteroatoms. The number of carbonyl (C=O) groups is 1. The summed E-state index contributed by atoms with van der Waals surface area (Å²) in [6, 6.07) is 0. The first-order chi connectivity index (χ1) is 8.06. The molecular weight excluding hydrogens is 216 g/mol. The number of rotatable bonds is 6. The average molecular weight is 238 g/mol. The van der Waals surface area contributed by atoms with Gasteiger partial charge in [-0.25, -0.2) is 4.79 Å². The van der Waals surface area contributed by atoms with Gasteiger partial charge in [0.1, 0.15) is 6.17 Å². The van der Waals surface area contributed by atoms with Gasteiger partial charge in [-0.05, 0) is 26.7 Å². The van der Waals surface area contributed by atoms with Crippen LogP contribution in [0.2, 0.25) is 0 Å². The molecule has 0 aromatic rings. The molecule has 4 nitrogen and oxygen atoms in total. The van der Waals surface area contributed by atoms with Crippen LogP contribution >= 0.6 is 0 Å². The van der Waals surface area contributed by atoms with E-state index in [-0.39, 0.29) is 5.97 Å². The van der Waals surface area contributed by atoms with Gasteiger partial charge in [0, 0.05) is 31.6 Å². The summed E-state index contributed by atoms with van der Waals surface area (Å²) in [5, 5.41) is 0. The van der Waals surface area contributed by atoms with E-state index >= 15 is 0 Å². The fraction of sp³-hybridized carbons (Fsp3) is 0.615. The van der Waals surface area contributed by atoms with Crippen LogP contribution in [0.1, 0.15) is 26.7 Å². The lowest BCUT2D eigenvalue weighted by Crippen LogP contribution is -2.36. The maximum atomic E-state index is 11.2. The van der Waals surface area contributed by atoms with E-state index < -0.39 is 0 Å². The summed E-state index contributed by atoms with van der Waals surface area (Å²) in [4.78, 5) is 15.6. The largest absolute Gasteiger partial charge is 0.462 e. The molecule has 0 bridgehead atoms. The predicted octanol–water partition coefficient (Wildman–Crippen LogP) is 1.95. The highest BCUT2D eigenvalue weighted by atomic mass is 16.5. The van der Waals surface area contributed by atoms with Gasteiger partial charge in [0.25, 0.3) is 0 Å². The minimum absolute atomic E-state index is 0.296.